The second-order valence-corrected chi connectivity index (χ2v) is 6.88. The smallest absolute Gasteiger partial charge is 0.271 e. The molecule has 3 heterocycles. The van der Waals surface area contributed by atoms with Gasteiger partial charge in [0.05, 0.1) is 24.4 Å². The Balaban J connectivity index is 1.43. The van der Waals surface area contributed by atoms with Crippen LogP contribution in [0.2, 0.25) is 5.02 Å². The molecule has 138 valence electrons. The summed E-state index contributed by atoms with van der Waals surface area (Å²) >= 11 is 6.12. The summed E-state index contributed by atoms with van der Waals surface area (Å²) in [4.78, 5) is 25.5. The monoisotopic (exact) mass is 367 g/mol. The van der Waals surface area contributed by atoms with Gasteiger partial charge in [-0.15, -0.1) is 0 Å². The van der Waals surface area contributed by atoms with Crippen LogP contribution in [0.3, 0.4) is 0 Å². The van der Waals surface area contributed by atoms with Gasteiger partial charge in [-0.2, -0.15) is 0 Å². The van der Waals surface area contributed by atoms with Crippen LogP contribution >= 0.6 is 11.6 Å². The van der Waals surface area contributed by atoms with Crippen LogP contribution in [0.4, 0.5) is 5.95 Å². The third kappa shape index (κ3) is 5.26. The van der Waals surface area contributed by atoms with Crippen molar-refractivity contribution in [2.75, 3.05) is 57.4 Å². The summed E-state index contributed by atoms with van der Waals surface area (Å²) in [5.41, 5.74) is 0.270. The number of hydrogen-bond donors (Lipinski definition) is 1. The molecule has 1 aromatic rings. The second-order valence-electron chi connectivity index (χ2n) is 6.48. The lowest BCUT2D eigenvalue weighted by atomic mass is 10.2. The van der Waals surface area contributed by atoms with Crippen molar-refractivity contribution < 1.29 is 9.53 Å². The summed E-state index contributed by atoms with van der Waals surface area (Å²) in [6.45, 7) is 7.19. The molecule has 2 aliphatic heterocycles. The number of unbranched alkanes of at least 4 members (excludes halogenated alkanes) is 1. The van der Waals surface area contributed by atoms with E-state index in [0.29, 0.717) is 17.5 Å². The van der Waals surface area contributed by atoms with Gasteiger partial charge in [0.1, 0.15) is 0 Å². The average molecular weight is 368 g/mol. The summed E-state index contributed by atoms with van der Waals surface area (Å²) < 4.78 is 5.34. The van der Waals surface area contributed by atoms with E-state index >= 15 is 0 Å². The van der Waals surface area contributed by atoms with E-state index in [1.54, 1.807) is 0 Å². The Kier molecular flexibility index (Phi) is 6.84. The minimum atomic E-state index is -0.223. The van der Waals surface area contributed by atoms with E-state index in [1.807, 2.05) is 0 Å². The van der Waals surface area contributed by atoms with Crippen molar-refractivity contribution in [3.05, 3.63) is 16.9 Å². The molecule has 3 rings (SSSR count). The highest BCUT2D eigenvalue weighted by Crippen LogP contribution is 2.19. The number of nitrogens with one attached hydrogen (secondary N) is 1. The van der Waals surface area contributed by atoms with Crippen LogP contribution in [-0.2, 0) is 4.74 Å². The van der Waals surface area contributed by atoms with Crippen molar-refractivity contribution in [2.45, 2.75) is 25.7 Å². The van der Waals surface area contributed by atoms with Gasteiger partial charge >= 0.3 is 0 Å². The summed E-state index contributed by atoms with van der Waals surface area (Å²) in [6.07, 6.45) is 5.78. The number of rotatable bonds is 7. The van der Waals surface area contributed by atoms with E-state index in [1.165, 1.54) is 6.20 Å². The van der Waals surface area contributed by atoms with Crippen LogP contribution in [0.15, 0.2) is 6.20 Å². The maximum Gasteiger partial charge on any atom is 0.271 e. The van der Waals surface area contributed by atoms with E-state index in [9.17, 15) is 4.79 Å². The molecule has 0 spiro atoms. The third-order valence-electron chi connectivity index (χ3n) is 4.63. The van der Waals surface area contributed by atoms with Crippen molar-refractivity contribution in [2.24, 2.45) is 0 Å². The van der Waals surface area contributed by atoms with E-state index < -0.39 is 0 Å². The number of morpholine rings is 1. The minimum Gasteiger partial charge on any atom is -0.379 e. The lowest BCUT2D eigenvalue weighted by molar-refractivity contribution is 0.0372. The Morgan fingerprint density at radius 1 is 1.20 bits per heavy atom. The quantitative estimate of drug-likeness (QED) is 0.738. The summed E-state index contributed by atoms with van der Waals surface area (Å²) in [5, 5.41) is 3.22. The van der Waals surface area contributed by atoms with Crippen LogP contribution < -0.4 is 10.2 Å². The molecule has 1 aromatic heterocycles. The third-order valence-corrected chi connectivity index (χ3v) is 4.90. The Labute approximate surface area is 153 Å². The lowest BCUT2D eigenvalue weighted by Crippen LogP contribution is -2.37. The maximum absolute atomic E-state index is 12.4. The SMILES string of the molecule is O=C(NCCCCN1CCOCC1)c1nc(N2CCCC2)ncc1Cl. The molecule has 2 saturated heterocycles. The molecule has 0 saturated carbocycles. The van der Waals surface area contributed by atoms with Crippen LogP contribution in [0.1, 0.15) is 36.2 Å². The van der Waals surface area contributed by atoms with Gasteiger partial charge in [0.15, 0.2) is 5.69 Å². The predicted molar refractivity (Wildman–Crippen MR) is 97.3 cm³/mol. The molecule has 2 aliphatic rings. The number of amides is 1. The molecule has 8 heteroatoms. The van der Waals surface area contributed by atoms with Crippen molar-refractivity contribution in [1.29, 1.82) is 0 Å². The first-order chi connectivity index (χ1) is 12.2. The highest BCUT2D eigenvalue weighted by molar-refractivity contribution is 6.33. The molecule has 0 aliphatic carbocycles. The molecule has 7 nitrogen and oxygen atoms in total. The van der Waals surface area contributed by atoms with Crippen molar-refractivity contribution in [1.82, 2.24) is 20.2 Å². The molecule has 0 radical (unpaired) electrons. The number of carbonyl (C=O) groups is 1. The van der Waals surface area contributed by atoms with Crippen LogP contribution in [0.5, 0.6) is 0 Å². The van der Waals surface area contributed by atoms with Crippen molar-refractivity contribution in [3.63, 3.8) is 0 Å². The first-order valence-corrected chi connectivity index (χ1v) is 9.47. The van der Waals surface area contributed by atoms with Gasteiger partial charge in [-0.1, -0.05) is 11.6 Å². The summed E-state index contributed by atoms with van der Waals surface area (Å²) in [5.74, 6) is 0.374. The molecule has 0 unspecified atom stereocenters. The number of anilines is 1. The van der Waals surface area contributed by atoms with Crippen LogP contribution in [0, 0.1) is 0 Å². The van der Waals surface area contributed by atoms with Gasteiger partial charge in [-0.3, -0.25) is 9.69 Å². The fraction of sp³-hybridized carbons (Fsp3) is 0.706. The highest BCUT2D eigenvalue weighted by Gasteiger charge is 2.19. The van der Waals surface area contributed by atoms with E-state index in [2.05, 4.69) is 25.1 Å². The zero-order valence-corrected chi connectivity index (χ0v) is 15.3. The standard InChI is InChI=1S/C17H26ClN5O2/c18-14-13-20-17(23-7-3-4-8-23)21-15(14)16(24)19-5-1-2-6-22-9-11-25-12-10-22/h13H,1-12H2,(H,19,24). The number of halogens is 1. The Hall–Kier alpha value is -1.44. The number of hydrogen-bond acceptors (Lipinski definition) is 6. The first-order valence-electron chi connectivity index (χ1n) is 9.10. The molecule has 1 N–H and O–H groups in total. The van der Waals surface area contributed by atoms with Gasteiger partial charge < -0.3 is 15.0 Å². The van der Waals surface area contributed by atoms with Crippen molar-refractivity contribution in [3.8, 4) is 0 Å². The highest BCUT2D eigenvalue weighted by atomic mass is 35.5. The second kappa shape index (κ2) is 9.31. The Bertz CT molecular complexity index is 574. The van der Waals surface area contributed by atoms with Crippen LogP contribution in [0.25, 0.3) is 0 Å². The number of aromatic nitrogens is 2. The first kappa shape index (κ1) is 18.4. The summed E-state index contributed by atoms with van der Waals surface area (Å²) in [7, 11) is 0. The zero-order chi connectivity index (χ0) is 17.5. The fourth-order valence-corrected chi connectivity index (χ4v) is 3.33. The fourth-order valence-electron chi connectivity index (χ4n) is 3.16. The largest absolute Gasteiger partial charge is 0.379 e. The normalized spacial score (nSPS) is 18.5. The molecule has 0 bridgehead atoms. The average Bonchev–Trinajstić information content (AvgIpc) is 3.17. The molecular formula is C17H26ClN5O2. The molecule has 0 atom stereocenters. The van der Waals surface area contributed by atoms with Gasteiger partial charge in [0, 0.05) is 32.7 Å². The molecule has 25 heavy (non-hydrogen) atoms. The Morgan fingerprint density at radius 3 is 2.72 bits per heavy atom. The molecule has 1 amide bonds. The van der Waals surface area contributed by atoms with Gasteiger partial charge in [-0.05, 0) is 32.2 Å². The minimum absolute atomic E-state index is 0.223. The number of carbonyl (C=O) groups excluding carboxylic acids is 1. The number of nitrogens with zero attached hydrogens (tertiary/aromatic N) is 4. The predicted octanol–water partition coefficient (Wildman–Crippen LogP) is 1.57. The van der Waals surface area contributed by atoms with Crippen LogP contribution in [-0.4, -0.2) is 73.3 Å². The summed E-state index contributed by atoms with van der Waals surface area (Å²) in [6, 6.07) is 0. The van der Waals surface area contributed by atoms with Gasteiger partial charge in [0.2, 0.25) is 5.95 Å². The number of ether oxygens (including phenoxy) is 1. The molecular weight excluding hydrogens is 342 g/mol. The Morgan fingerprint density at radius 2 is 1.96 bits per heavy atom. The van der Waals surface area contributed by atoms with Crippen molar-refractivity contribution >= 4 is 23.5 Å². The topological polar surface area (TPSA) is 70.6 Å². The van der Waals surface area contributed by atoms with E-state index in [4.69, 9.17) is 16.3 Å². The van der Waals surface area contributed by atoms with Gasteiger partial charge in [-0.25, -0.2) is 9.97 Å². The lowest BCUT2D eigenvalue weighted by Gasteiger charge is -2.26. The van der Waals surface area contributed by atoms with Gasteiger partial charge in [0.25, 0.3) is 5.91 Å². The van der Waals surface area contributed by atoms with E-state index in [0.717, 1.165) is 71.6 Å². The van der Waals surface area contributed by atoms with E-state index in [-0.39, 0.29) is 11.6 Å². The molecule has 0 aromatic carbocycles. The maximum atomic E-state index is 12.4. The zero-order valence-electron chi connectivity index (χ0n) is 14.5. The molecule has 2 fully saturated rings.